The molecule has 3 atom stereocenters. The second-order valence-electron chi connectivity index (χ2n) is 6.20. The Morgan fingerprint density at radius 2 is 2.05 bits per heavy atom. The molecule has 0 spiro atoms. The average Bonchev–Trinajstić information content (AvgIpc) is 3.08. The van der Waals surface area contributed by atoms with Crippen LogP contribution in [0, 0.1) is 11.8 Å². The van der Waals surface area contributed by atoms with Crippen LogP contribution in [0.2, 0.25) is 0 Å². The molecule has 1 amide bonds. The lowest BCUT2D eigenvalue weighted by Gasteiger charge is -2.22. The van der Waals surface area contributed by atoms with Crippen LogP contribution in [0.4, 0.5) is 0 Å². The molecule has 2 fully saturated rings. The monoisotopic (exact) mass is 273 g/mol. The van der Waals surface area contributed by atoms with Crippen molar-refractivity contribution < 1.29 is 9.53 Å². The highest BCUT2D eigenvalue weighted by molar-refractivity contribution is 5.76. The van der Waals surface area contributed by atoms with Crippen molar-refractivity contribution in [3.05, 3.63) is 29.8 Å². The lowest BCUT2D eigenvalue weighted by atomic mass is 9.95. The SMILES string of the molecule is COc1ccc(CCC(=O)NC2CC3CCC2C3)cc1. The van der Waals surface area contributed by atoms with Gasteiger partial charge in [0.1, 0.15) is 5.75 Å². The van der Waals surface area contributed by atoms with Crippen molar-refractivity contribution in [1.29, 1.82) is 0 Å². The first-order chi connectivity index (χ1) is 9.74. The molecule has 1 aromatic rings. The van der Waals surface area contributed by atoms with Crippen LogP contribution in [0.3, 0.4) is 0 Å². The Balaban J connectivity index is 1.44. The smallest absolute Gasteiger partial charge is 0.220 e. The highest BCUT2D eigenvalue weighted by Crippen LogP contribution is 2.44. The summed E-state index contributed by atoms with van der Waals surface area (Å²) in [5, 5.41) is 3.24. The van der Waals surface area contributed by atoms with E-state index in [1.54, 1.807) is 7.11 Å². The molecule has 0 aromatic heterocycles. The molecular weight excluding hydrogens is 250 g/mol. The number of hydrogen-bond acceptors (Lipinski definition) is 2. The number of fused-ring (bicyclic) bond motifs is 2. The van der Waals surface area contributed by atoms with Gasteiger partial charge in [-0.1, -0.05) is 18.6 Å². The molecule has 3 nitrogen and oxygen atoms in total. The average molecular weight is 273 g/mol. The zero-order valence-corrected chi connectivity index (χ0v) is 12.1. The largest absolute Gasteiger partial charge is 0.497 e. The summed E-state index contributed by atoms with van der Waals surface area (Å²) in [5.41, 5.74) is 1.19. The van der Waals surface area contributed by atoms with Gasteiger partial charge in [-0.2, -0.15) is 0 Å². The van der Waals surface area contributed by atoms with Crippen molar-refractivity contribution in [2.45, 2.75) is 44.6 Å². The molecule has 2 aliphatic rings. The van der Waals surface area contributed by atoms with E-state index in [1.807, 2.05) is 24.3 Å². The van der Waals surface area contributed by atoms with Crippen molar-refractivity contribution in [2.75, 3.05) is 7.11 Å². The maximum absolute atomic E-state index is 12.0. The van der Waals surface area contributed by atoms with Gasteiger partial charge in [-0.15, -0.1) is 0 Å². The minimum Gasteiger partial charge on any atom is -0.497 e. The molecule has 20 heavy (non-hydrogen) atoms. The van der Waals surface area contributed by atoms with Gasteiger partial charge in [0.25, 0.3) is 0 Å². The first-order valence-corrected chi connectivity index (χ1v) is 7.67. The van der Waals surface area contributed by atoms with Gasteiger partial charge in [-0.05, 0) is 55.2 Å². The standard InChI is InChI=1S/C17H23NO2/c1-20-15-7-3-12(4-8-15)5-9-17(19)18-16-11-13-2-6-14(16)10-13/h3-4,7-8,13-14,16H,2,5-6,9-11H2,1H3,(H,18,19). The molecule has 2 bridgehead atoms. The Kier molecular flexibility index (Phi) is 3.95. The Morgan fingerprint density at radius 3 is 2.65 bits per heavy atom. The Bertz CT molecular complexity index is 468. The van der Waals surface area contributed by atoms with Gasteiger partial charge in [-0.25, -0.2) is 0 Å². The Morgan fingerprint density at radius 1 is 1.25 bits per heavy atom. The summed E-state index contributed by atoms with van der Waals surface area (Å²) in [6.45, 7) is 0. The van der Waals surface area contributed by atoms with Gasteiger partial charge in [0.15, 0.2) is 0 Å². The number of hydrogen-bond donors (Lipinski definition) is 1. The Labute approximate surface area is 120 Å². The van der Waals surface area contributed by atoms with Crippen LogP contribution in [0.25, 0.3) is 0 Å². The minimum absolute atomic E-state index is 0.207. The molecule has 2 saturated carbocycles. The number of nitrogens with one attached hydrogen (secondary N) is 1. The molecule has 2 aliphatic carbocycles. The third-order valence-corrected chi connectivity index (χ3v) is 4.88. The van der Waals surface area contributed by atoms with Crippen LogP contribution in [-0.4, -0.2) is 19.1 Å². The predicted molar refractivity (Wildman–Crippen MR) is 78.7 cm³/mol. The van der Waals surface area contributed by atoms with Crippen molar-refractivity contribution in [1.82, 2.24) is 5.32 Å². The molecule has 0 saturated heterocycles. The van der Waals surface area contributed by atoms with Crippen LogP contribution in [0.15, 0.2) is 24.3 Å². The van der Waals surface area contributed by atoms with E-state index in [0.29, 0.717) is 12.5 Å². The van der Waals surface area contributed by atoms with E-state index >= 15 is 0 Å². The molecule has 1 N–H and O–H groups in total. The van der Waals surface area contributed by atoms with E-state index in [2.05, 4.69) is 5.32 Å². The van der Waals surface area contributed by atoms with Gasteiger partial charge in [0.2, 0.25) is 5.91 Å². The first kappa shape index (κ1) is 13.5. The van der Waals surface area contributed by atoms with Crippen molar-refractivity contribution >= 4 is 5.91 Å². The van der Waals surface area contributed by atoms with Crippen molar-refractivity contribution in [2.24, 2.45) is 11.8 Å². The number of amides is 1. The second-order valence-corrected chi connectivity index (χ2v) is 6.20. The number of rotatable bonds is 5. The normalized spacial score (nSPS) is 27.6. The topological polar surface area (TPSA) is 38.3 Å². The van der Waals surface area contributed by atoms with Gasteiger partial charge in [-0.3, -0.25) is 4.79 Å². The maximum atomic E-state index is 12.0. The predicted octanol–water partition coefficient (Wildman–Crippen LogP) is 2.93. The van der Waals surface area contributed by atoms with Crippen LogP contribution in [0.1, 0.15) is 37.7 Å². The van der Waals surface area contributed by atoms with Gasteiger partial charge in [0, 0.05) is 12.5 Å². The van der Waals surface area contributed by atoms with E-state index in [-0.39, 0.29) is 5.91 Å². The summed E-state index contributed by atoms with van der Waals surface area (Å²) in [6.07, 6.45) is 6.62. The summed E-state index contributed by atoms with van der Waals surface area (Å²) in [4.78, 5) is 12.0. The second kappa shape index (κ2) is 5.86. The Hall–Kier alpha value is -1.51. The fraction of sp³-hybridized carbons (Fsp3) is 0.588. The van der Waals surface area contributed by atoms with Crippen LogP contribution in [0.5, 0.6) is 5.75 Å². The highest BCUT2D eigenvalue weighted by atomic mass is 16.5. The molecular formula is C17H23NO2. The van der Waals surface area contributed by atoms with Crippen molar-refractivity contribution in [3.63, 3.8) is 0 Å². The number of benzene rings is 1. The van der Waals surface area contributed by atoms with Gasteiger partial charge >= 0.3 is 0 Å². The van der Waals surface area contributed by atoms with Crippen LogP contribution < -0.4 is 10.1 Å². The fourth-order valence-corrected chi connectivity index (χ4v) is 3.75. The summed E-state index contributed by atoms with van der Waals surface area (Å²) >= 11 is 0. The lowest BCUT2D eigenvalue weighted by molar-refractivity contribution is -0.122. The third-order valence-electron chi connectivity index (χ3n) is 4.88. The summed E-state index contributed by atoms with van der Waals surface area (Å²) < 4.78 is 5.13. The maximum Gasteiger partial charge on any atom is 0.220 e. The van der Waals surface area contributed by atoms with Gasteiger partial charge < -0.3 is 10.1 Å². The summed E-state index contributed by atoms with van der Waals surface area (Å²) in [7, 11) is 1.66. The summed E-state index contributed by atoms with van der Waals surface area (Å²) in [5.74, 6) is 2.70. The number of carbonyl (C=O) groups excluding carboxylic acids is 1. The van der Waals surface area contributed by atoms with Crippen LogP contribution >= 0.6 is 0 Å². The fourth-order valence-electron chi connectivity index (χ4n) is 3.75. The molecule has 1 aromatic carbocycles. The number of carbonyl (C=O) groups is 1. The molecule has 0 aliphatic heterocycles. The number of aryl methyl sites for hydroxylation is 1. The number of ether oxygens (including phenoxy) is 1. The minimum atomic E-state index is 0.207. The van der Waals surface area contributed by atoms with E-state index < -0.39 is 0 Å². The van der Waals surface area contributed by atoms with Gasteiger partial charge in [0.05, 0.1) is 7.11 Å². The first-order valence-electron chi connectivity index (χ1n) is 7.67. The zero-order valence-electron chi connectivity index (χ0n) is 12.1. The quantitative estimate of drug-likeness (QED) is 0.895. The molecule has 108 valence electrons. The van der Waals surface area contributed by atoms with Crippen LogP contribution in [-0.2, 0) is 11.2 Å². The summed E-state index contributed by atoms with van der Waals surface area (Å²) in [6, 6.07) is 8.41. The number of methoxy groups -OCH3 is 1. The molecule has 3 heteroatoms. The molecule has 3 unspecified atom stereocenters. The molecule has 3 rings (SSSR count). The van der Waals surface area contributed by atoms with E-state index in [0.717, 1.165) is 24.0 Å². The third kappa shape index (κ3) is 2.97. The van der Waals surface area contributed by atoms with E-state index in [4.69, 9.17) is 4.74 Å². The van der Waals surface area contributed by atoms with E-state index in [9.17, 15) is 4.79 Å². The molecule has 0 heterocycles. The lowest BCUT2D eigenvalue weighted by Crippen LogP contribution is -2.38. The molecule has 0 radical (unpaired) electrons. The van der Waals surface area contributed by atoms with E-state index in [1.165, 1.54) is 31.2 Å². The zero-order chi connectivity index (χ0) is 13.9. The van der Waals surface area contributed by atoms with Crippen molar-refractivity contribution in [3.8, 4) is 5.75 Å². The highest BCUT2D eigenvalue weighted by Gasteiger charge is 2.39.